The van der Waals surface area contributed by atoms with E-state index in [1.54, 1.807) is 12.1 Å². The molecule has 0 saturated carbocycles. The molecule has 0 fully saturated rings. The molecule has 0 bridgehead atoms. The molecule has 8 rings (SSSR count). The van der Waals surface area contributed by atoms with E-state index in [2.05, 4.69) is 46.6 Å². The third-order valence-electron chi connectivity index (χ3n) is 10.8. The number of carbonyl (C=O) groups excluding carboxylic acids is 1. The number of ether oxygens (including phenoxy) is 3. The molecule has 1 amide bonds. The minimum Gasteiger partial charge on any atom is -0.489 e. The van der Waals surface area contributed by atoms with Gasteiger partial charge in [-0.05, 0) is 119 Å². The Morgan fingerprint density at radius 3 is 2.27 bits per heavy atom. The van der Waals surface area contributed by atoms with Crippen molar-refractivity contribution in [3.63, 3.8) is 0 Å². The fourth-order valence-electron chi connectivity index (χ4n) is 7.67. The number of rotatable bonds is 11. The molecular formula is C49H40Cl2N4O4. The largest absolute Gasteiger partial charge is 0.489 e. The highest BCUT2D eigenvalue weighted by Gasteiger charge is 2.35. The maximum absolute atomic E-state index is 14.2. The summed E-state index contributed by atoms with van der Waals surface area (Å²) in [5.74, 6) is 1.96. The van der Waals surface area contributed by atoms with Crippen molar-refractivity contribution in [2.45, 2.75) is 57.6 Å². The van der Waals surface area contributed by atoms with E-state index in [4.69, 9.17) is 42.7 Å². The number of halogens is 2. The molecule has 0 aliphatic carbocycles. The third-order valence-corrected chi connectivity index (χ3v) is 11.6. The molecule has 0 radical (unpaired) electrons. The Labute approximate surface area is 354 Å². The van der Waals surface area contributed by atoms with Gasteiger partial charge in [0.05, 0.1) is 39.4 Å². The summed E-state index contributed by atoms with van der Waals surface area (Å²) >= 11 is 12.2. The maximum atomic E-state index is 14.2. The van der Waals surface area contributed by atoms with E-state index in [1.807, 2.05) is 97.9 Å². The van der Waals surface area contributed by atoms with Crippen LogP contribution < -0.4 is 19.5 Å². The first kappa shape index (κ1) is 39.5. The van der Waals surface area contributed by atoms with E-state index >= 15 is 0 Å². The summed E-state index contributed by atoms with van der Waals surface area (Å²) in [6, 6.07) is 44.5. The van der Waals surface area contributed by atoms with Crippen LogP contribution >= 0.6 is 23.2 Å². The van der Waals surface area contributed by atoms with Crippen molar-refractivity contribution >= 4 is 29.1 Å². The number of nitriles is 2. The summed E-state index contributed by atoms with van der Waals surface area (Å²) < 4.78 is 18.8. The van der Waals surface area contributed by atoms with E-state index in [9.17, 15) is 10.1 Å². The van der Waals surface area contributed by atoms with Crippen molar-refractivity contribution in [1.82, 2.24) is 10.2 Å². The minimum atomic E-state index is -0.469. The highest BCUT2D eigenvalue weighted by atomic mass is 35.5. The molecule has 294 valence electrons. The number of benzene rings is 6. The lowest BCUT2D eigenvalue weighted by Crippen LogP contribution is -2.52. The van der Waals surface area contributed by atoms with Gasteiger partial charge in [0.2, 0.25) is 5.91 Å². The van der Waals surface area contributed by atoms with Crippen LogP contribution in [-0.4, -0.2) is 29.5 Å². The van der Waals surface area contributed by atoms with E-state index in [1.165, 1.54) is 0 Å². The molecule has 3 atom stereocenters. The first-order valence-electron chi connectivity index (χ1n) is 19.5. The molecule has 6 aromatic carbocycles. The van der Waals surface area contributed by atoms with Gasteiger partial charge < -0.3 is 19.5 Å². The van der Waals surface area contributed by atoms with Gasteiger partial charge in [-0.1, -0.05) is 96.0 Å². The fourth-order valence-corrected chi connectivity index (χ4v) is 7.99. The second kappa shape index (κ2) is 17.7. The van der Waals surface area contributed by atoms with E-state index in [0.29, 0.717) is 77.6 Å². The van der Waals surface area contributed by atoms with Crippen molar-refractivity contribution in [2.75, 3.05) is 6.61 Å². The minimum absolute atomic E-state index is 0.0638. The Bertz CT molecular complexity index is 2570. The summed E-state index contributed by atoms with van der Waals surface area (Å²) in [5, 5.41) is 23.3. The second-order valence-corrected chi connectivity index (χ2v) is 15.8. The second-order valence-electron chi connectivity index (χ2n) is 15.0. The summed E-state index contributed by atoms with van der Waals surface area (Å²) in [5.41, 5.74) is 9.25. The van der Waals surface area contributed by atoms with Gasteiger partial charge in [0.25, 0.3) is 0 Å². The lowest BCUT2D eigenvalue weighted by molar-refractivity contribution is -0.128. The number of nitrogens with one attached hydrogen (secondary N) is 1. The van der Waals surface area contributed by atoms with Crippen molar-refractivity contribution in [3.05, 3.63) is 182 Å². The van der Waals surface area contributed by atoms with Crippen LogP contribution in [0.15, 0.2) is 127 Å². The Kier molecular flexibility index (Phi) is 11.9. The van der Waals surface area contributed by atoms with Gasteiger partial charge in [0.1, 0.15) is 19.0 Å². The molecule has 0 spiro atoms. The highest BCUT2D eigenvalue weighted by Crippen LogP contribution is 2.41. The van der Waals surface area contributed by atoms with Gasteiger partial charge in [-0.25, -0.2) is 0 Å². The maximum Gasteiger partial charge on any atom is 0.237 e. The van der Waals surface area contributed by atoms with Crippen LogP contribution in [0, 0.1) is 22.7 Å². The van der Waals surface area contributed by atoms with Crippen LogP contribution in [0.5, 0.6) is 17.2 Å². The van der Waals surface area contributed by atoms with E-state index in [0.717, 1.165) is 44.5 Å². The lowest BCUT2D eigenvalue weighted by Gasteiger charge is -2.38. The van der Waals surface area contributed by atoms with Crippen LogP contribution in [-0.2, 0) is 37.3 Å². The summed E-state index contributed by atoms with van der Waals surface area (Å²) in [6.07, 6.45) is 0.819. The Morgan fingerprint density at radius 2 is 1.54 bits per heavy atom. The van der Waals surface area contributed by atoms with Crippen LogP contribution in [0.3, 0.4) is 0 Å². The van der Waals surface area contributed by atoms with E-state index in [-0.39, 0.29) is 18.1 Å². The molecule has 2 aliphatic rings. The predicted octanol–water partition coefficient (Wildman–Crippen LogP) is 10.2. The zero-order chi connectivity index (χ0) is 40.9. The van der Waals surface area contributed by atoms with E-state index < -0.39 is 6.04 Å². The first-order valence-corrected chi connectivity index (χ1v) is 20.2. The molecule has 8 nitrogen and oxygen atoms in total. The molecular weight excluding hydrogens is 779 g/mol. The average Bonchev–Trinajstić information content (AvgIpc) is 3.26. The summed E-state index contributed by atoms with van der Waals surface area (Å²) in [4.78, 5) is 16.3. The standard InChI is InChI=1S/C49H40Cl2N4O4/c1-31(20-32-6-11-35(12-7-32)36-13-8-33(25-52)9-14-36)54-49(56)45-22-40-23-46-47(24-41(40)28-55(45)27-39-5-3-2-4-38(39)26-53)59-48(30-58-46)37-15-17-42(18-16-37)57-29-34-10-19-43(50)44(51)21-34/h2-19,21,23-24,31,45,48H,20,22,27-30H2,1H3,(H,54,56). The predicted molar refractivity (Wildman–Crippen MR) is 228 cm³/mol. The lowest BCUT2D eigenvalue weighted by atomic mass is 9.91. The molecule has 6 aromatic rings. The van der Waals surface area contributed by atoms with Crippen LogP contribution in [0.1, 0.15) is 57.5 Å². The van der Waals surface area contributed by atoms with Crippen molar-refractivity contribution in [3.8, 4) is 40.5 Å². The molecule has 0 aromatic heterocycles. The number of nitrogens with zero attached hydrogens (tertiary/aromatic N) is 3. The number of hydrogen-bond donors (Lipinski definition) is 1. The average molecular weight is 820 g/mol. The summed E-state index contributed by atoms with van der Waals surface area (Å²) in [6.45, 7) is 3.64. The number of hydrogen-bond acceptors (Lipinski definition) is 7. The van der Waals surface area contributed by atoms with Gasteiger partial charge in [-0.15, -0.1) is 0 Å². The normalized spacial score (nSPS) is 16.2. The highest BCUT2D eigenvalue weighted by molar-refractivity contribution is 6.42. The van der Waals surface area contributed by atoms with Crippen molar-refractivity contribution in [1.29, 1.82) is 10.5 Å². The van der Waals surface area contributed by atoms with Gasteiger partial charge >= 0.3 is 0 Å². The SMILES string of the molecule is CC(Cc1ccc(-c2ccc(C#N)cc2)cc1)NC(=O)C1Cc2cc3c(cc2CN1Cc1ccccc1C#N)OC(c1ccc(OCc2ccc(Cl)c(Cl)c2)cc1)CO3. The first-order chi connectivity index (χ1) is 28.7. The zero-order valence-electron chi connectivity index (χ0n) is 32.3. The smallest absolute Gasteiger partial charge is 0.237 e. The summed E-state index contributed by atoms with van der Waals surface area (Å²) in [7, 11) is 0. The Hall–Kier alpha value is -6.29. The quantitative estimate of drug-likeness (QED) is 0.139. The molecule has 0 saturated heterocycles. The van der Waals surface area contributed by atoms with Gasteiger partial charge in [-0.3, -0.25) is 9.69 Å². The molecule has 10 heteroatoms. The van der Waals surface area contributed by atoms with Gasteiger partial charge in [0, 0.05) is 19.1 Å². The number of fused-ring (bicyclic) bond motifs is 2. The third kappa shape index (κ3) is 9.22. The fraction of sp³-hybridized carbons (Fsp3) is 0.204. The molecule has 2 heterocycles. The monoisotopic (exact) mass is 818 g/mol. The van der Waals surface area contributed by atoms with Gasteiger partial charge in [0.15, 0.2) is 17.6 Å². The van der Waals surface area contributed by atoms with Crippen LogP contribution in [0.2, 0.25) is 10.0 Å². The Balaban J connectivity index is 0.953. The van der Waals surface area contributed by atoms with Gasteiger partial charge in [-0.2, -0.15) is 10.5 Å². The molecule has 59 heavy (non-hydrogen) atoms. The van der Waals surface area contributed by atoms with Crippen molar-refractivity contribution in [2.24, 2.45) is 0 Å². The Morgan fingerprint density at radius 1 is 0.831 bits per heavy atom. The molecule has 3 unspecified atom stereocenters. The van der Waals surface area contributed by atoms with Crippen molar-refractivity contribution < 1.29 is 19.0 Å². The topological polar surface area (TPSA) is 108 Å². The van der Waals surface area contributed by atoms with Crippen LogP contribution in [0.25, 0.3) is 11.1 Å². The van der Waals surface area contributed by atoms with Crippen LogP contribution in [0.4, 0.5) is 0 Å². The zero-order valence-corrected chi connectivity index (χ0v) is 33.8. The molecule has 2 aliphatic heterocycles. The number of carbonyl (C=O) groups is 1. The molecule has 1 N–H and O–H groups in total. The number of amides is 1.